The number of carbonyl (C=O) groups is 2. The molecule has 2 heterocycles. The first-order valence-corrected chi connectivity index (χ1v) is 8.58. The van der Waals surface area contributed by atoms with E-state index in [2.05, 4.69) is 29.0 Å². The predicted molar refractivity (Wildman–Crippen MR) is 94.0 cm³/mol. The standard InChI is InChI=1S/C18H25N3O4/c1-19-7-9-20(10-8-19)14-5-3-13(4-6-14)15-11-21(18(24)25-2)12-16(15)17(22)23/h3-6,15-16H,7-12H2,1-2H3,(H,22,23)/t15-,16-/m1/s1. The Morgan fingerprint density at radius 3 is 2.28 bits per heavy atom. The van der Waals surface area contributed by atoms with Crippen molar-refractivity contribution in [3.05, 3.63) is 29.8 Å². The lowest BCUT2D eigenvalue weighted by Crippen LogP contribution is -2.44. The summed E-state index contributed by atoms with van der Waals surface area (Å²) in [5.41, 5.74) is 2.11. The molecule has 2 saturated heterocycles. The highest BCUT2D eigenvalue weighted by Crippen LogP contribution is 2.34. The molecule has 1 aromatic rings. The van der Waals surface area contributed by atoms with E-state index in [0.29, 0.717) is 6.54 Å². The quantitative estimate of drug-likeness (QED) is 0.889. The average molecular weight is 347 g/mol. The number of hydrogen-bond acceptors (Lipinski definition) is 5. The van der Waals surface area contributed by atoms with Crippen molar-refractivity contribution in [2.45, 2.75) is 5.92 Å². The molecule has 1 amide bonds. The van der Waals surface area contributed by atoms with Gasteiger partial charge in [0.25, 0.3) is 0 Å². The average Bonchev–Trinajstić information content (AvgIpc) is 3.07. The van der Waals surface area contributed by atoms with Crippen molar-refractivity contribution in [1.29, 1.82) is 0 Å². The zero-order valence-electron chi connectivity index (χ0n) is 14.7. The summed E-state index contributed by atoms with van der Waals surface area (Å²) in [6, 6.07) is 8.10. The Bertz CT molecular complexity index is 626. The van der Waals surface area contributed by atoms with Gasteiger partial charge in [-0.15, -0.1) is 0 Å². The molecule has 0 saturated carbocycles. The zero-order valence-corrected chi connectivity index (χ0v) is 14.7. The van der Waals surface area contributed by atoms with Gasteiger partial charge in [-0.05, 0) is 24.7 Å². The summed E-state index contributed by atoms with van der Waals surface area (Å²) in [6.07, 6.45) is -0.470. The number of ether oxygens (including phenoxy) is 1. The van der Waals surface area contributed by atoms with Crippen LogP contribution in [-0.4, -0.2) is 80.4 Å². The first-order valence-electron chi connectivity index (χ1n) is 8.58. The van der Waals surface area contributed by atoms with Gasteiger partial charge in [0.05, 0.1) is 13.0 Å². The predicted octanol–water partition coefficient (Wildman–Crippen LogP) is 1.30. The molecule has 2 fully saturated rings. The zero-order chi connectivity index (χ0) is 18.0. The van der Waals surface area contributed by atoms with Crippen LogP contribution in [0, 0.1) is 5.92 Å². The summed E-state index contributed by atoms with van der Waals surface area (Å²) in [6.45, 7) is 4.63. The molecule has 1 N–H and O–H groups in total. The Morgan fingerprint density at radius 1 is 1.08 bits per heavy atom. The molecule has 2 atom stereocenters. The van der Waals surface area contributed by atoms with Crippen molar-refractivity contribution in [1.82, 2.24) is 9.80 Å². The third-order valence-corrected chi connectivity index (χ3v) is 5.26. The Hall–Kier alpha value is -2.28. The lowest BCUT2D eigenvalue weighted by atomic mass is 9.89. The number of carbonyl (C=O) groups excluding carboxylic acids is 1. The topological polar surface area (TPSA) is 73.3 Å². The number of benzene rings is 1. The van der Waals surface area contributed by atoms with Gasteiger partial charge in [-0.3, -0.25) is 4.79 Å². The van der Waals surface area contributed by atoms with Crippen LogP contribution in [0.2, 0.25) is 0 Å². The van der Waals surface area contributed by atoms with Gasteiger partial charge in [-0.2, -0.15) is 0 Å². The highest BCUT2D eigenvalue weighted by molar-refractivity contribution is 5.75. The van der Waals surface area contributed by atoms with Crippen LogP contribution in [0.25, 0.3) is 0 Å². The van der Waals surface area contributed by atoms with Crippen LogP contribution in [-0.2, 0) is 9.53 Å². The van der Waals surface area contributed by atoms with Crippen molar-refractivity contribution >= 4 is 17.7 Å². The van der Waals surface area contributed by atoms with Crippen molar-refractivity contribution in [3.8, 4) is 0 Å². The van der Waals surface area contributed by atoms with Crippen LogP contribution in [0.5, 0.6) is 0 Å². The second-order valence-electron chi connectivity index (χ2n) is 6.81. The SMILES string of the molecule is COC(=O)N1C[C@H](c2ccc(N3CCN(C)CC3)cc2)[C@H](C(=O)O)C1. The van der Waals surface area contributed by atoms with Crippen molar-refractivity contribution < 1.29 is 19.4 Å². The number of carboxylic acids is 1. The number of carboxylic acid groups (broad SMARTS) is 1. The van der Waals surface area contributed by atoms with E-state index in [4.69, 9.17) is 4.74 Å². The fourth-order valence-corrected chi connectivity index (χ4v) is 3.67. The number of hydrogen-bond donors (Lipinski definition) is 1. The van der Waals surface area contributed by atoms with Crippen LogP contribution >= 0.6 is 0 Å². The smallest absolute Gasteiger partial charge is 0.409 e. The molecular formula is C18H25N3O4. The molecule has 0 aliphatic carbocycles. The lowest BCUT2D eigenvalue weighted by Gasteiger charge is -2.34. The Balaban J connectivity index is 1.74. The molecular weight excluding hydrogens is 322 g/mol. The summed E-state index contributed by atoms with van der Waals surface area (Å²) >= 11 is 0. The molecule has 7 nitrogen and oxygen atoms in total. The molecule has 0 bridgehead atoms. The van der Waals surface area contributed by atoms with E-state index in [1.54, 1.807) is 0 Å². The largest absolute Gasteiger partial charge is 0.481 e. The Labute approximate surface area is 147 Å². The number of anilines is 1. The maximum Gasteiger partial charge on any atom is 0.409 e. The first-order chi connectivity index (χ1) is 12.0. The van der Waals surface area contributed by atoms with E-state index in [0.717, 1.165) is 37.4 Å². The summed E-state index contributed by atoms with van der Waals surface area (Å²) in [7, 11) is 3.44. The number of methoxy groups -OCH3 is 1. The number of likely N-dealkylation sites (tertiary alicyclic amines) is 1. The minimum Gasteiger partial charge on any atom is -0.481 e. The molecule has 2 aliphatic rings. The second kappa shape index (κ2) is 7.31. The maximum atomic E-state index is 11.7. The Kier molecular flexibility index (Phi) is 5.13. The van der Waals surface area contributed by atoms with Crippen LogP contribution in [0.4, 0.5) is 10.5 Å². The van der Waals surface area contributed by atoms with E-state index in [1.807, 2.05) is 12.1 Å². The van der Waals surface area contributed by atoms with Crippen molar-refractivity contribution in [2.75, 3.05) is 58.3 Å². The molecule has 1 aromatic carbocycles. The highest BCUT2D eigenvalue weighted by atomic mass is 16.5. The minimum absolute atomic E-state index is 0.187. The molecule has 2 aliphatic heterocycles. The number of nitrogens with zero attached hydrogens (tertiary/aromatic N) is 3. The highest BCUT2D eigenvalue weighted by Gasteiger charge is 2.40. The summed E-state index contributed by atoms with van der Waals surface area (Å²) in [5, 5.41) is 9.51. The van der Waals surface area contributed by atoms with Crippen LogP contribution in [0.1, 0.15) is 11.5 Å². The normalized spacial score (nSPS) is 24.4. The van der Waals surface area contributed by atoms with E-state index < -0.39 is 18.0 Å². The van der Waals surface area contributed by atoms with Gasteiger partial charge in [0.2, 0.25) is 0 Å². The monoisotopic (exact) mass is 347 g/mol. The molecule has 0 radical (unpaired) electrons. The molecule has 0 spiro atoms. The van der Waals surface area contributed by atoms with Gasteiger partial charge in [0.1, 0.15) is 0 Å². The summed E-state index contributed by atoms with van der Waals surface area (Å²) in [4.78, 5) is 29.5. The summed E-state index contributed by atoms with van der Waals surface area (Å²) < 4.78 is 4.74. The fraction of sp³-hybridized carbons (Fsp3) is 0.556. The number of piperazine rings is 1. The van der Waals surface area contributed by atoms with E-state index in [1.165, 1.54) is 12.0 Å². The van der Waals surface area contributed by atoms with Crippen LogP contribution in [0.15, 0.2) is 24.3 Å². The first kappa shape index (κ1) is 17.5. The second-order valence-corrected chi connectivity index (χ2v) is 6.81. The molecule has 7 heteroatoms. The fourth-order valence-electron chi connectivity index (χ4n) is 3.67. The van der Waals surface area contributed by atoms with Gasteiger partial charge in [-0.25, -0.2) is 4.79 Å². The van der Waals surface area contributed by atoms with Crippen LogP contribution in [0.3, 0.4) is 0 Å². The van der Waals surface area contributed by atoms with E-state index in [-0.39, 0.29) is 12.5 Å². The number of rotatable bonds is 3. The third kappa shape index (κ3) is 3.71. The minimum atomic E-state index is -0.875. The number of amides is 1. The van der Waals surface area contributed by atoms with Gasteiger partial charge < -0.3 is 24.5 Å². The number of aliphatic carboxylic acids is 1. The van der Waals surface area contributed by atoms with Crippen LogP contribution < -0.4 is 4.90 Å². The Morgan fingerprint density at radius 2 is 1.72 bits per heavy atom. The molecule has 136 valence electrons. The van der Waals surface area contributed by atoms with Gasteiger partial charge in [0.15, 0.2) is 0 Å². The molecule has 25 heavy (non-hydrogen) atoms. The van der Waals surface area contributed by atoms with E-state index >= 15 is 0 Å². The van der Waals surface area contributed by atoms with Gasteiger partial charge >= 0.3 is 12.1 Å². The summed E-state index contributed by atoms with van der Waals surface area (Å²) in [5.74, 6) is -1.69. The molecule has 0 aromatic heterocycles. The number of likely N-dealkylation sites (N-methyl/N-ethyl adjacent to an activating group) is 1. The van der Waals surface area contributed by atoms with Crippen molar-refractivity contribution in [2.24, 2.45) is 5.92 Å². The van der Waals surface area contributed by atoms with Gasteiger partial charge in [-0.1, -0.05) is 12.1 Å². The molecule has 0 unspecified atom stereocenters. The lowest BCUT2D eigenvalue weighted by molar-refractivity contribution is -0.141. The third-order valence-electron chi connectivity index (χ3n) is 5.26. The van der Waals surface area contributed by atoms with Crippen molar-refractivity contribution in [3.63, 3.8) is 0 Å². The van der Waals surface area contributed by atoms with Gasteiger partial charge in [0, 0.05) is 50.9 Å². The van der Waals surface area contributed by atoms with E-state index in [9.17, 15) is 14.7 Å². The maximum absolute atomic E-state index is 11.7. The molecule has 3 rings (SSSR count).